The maximum absolute atomic E-state index is 9.92. The minimum atomic E-state index is -0.416. The Morgan fingerprint density at radius 2 is 2.11 bits per heavy atom. The molecule has 0 aromatic heterocycles. The fraction of sp³-hybridized carbons (Fsp3) is 0.462. The molecule has 0 aromatic rings. The first-order valence-corrected chi connectivity index (χ1v) is 6.77. The number of rotatable bonds is 2. The number of hydrogen-bond acceptors (Lipinski definition) is 4. The van der Waals surface area contributed by atoms with E-state index in [0.29, 0.717) is 17.0 Å². The summed E-state index contributed by atoms with van der Waals surface area (Å²) >= 11 is 5.84. The van der Waals surface area contributed by atoms with Crippen molar-refractivity contribution in [1.82, 2.24) is 5.32 Å². The number of nitrogens with two attached hydrogens (primary N) is 2. The number of hydrogen-bond donors (Lipinski definition) is 4. The van der Waals surface area contributed by atoms with Crippen molar-refractivity contribution in [3.05, 3.63) is 34.8 Å². The number of aliphatic hydroxyl groups is 1. The molecule has 6 N–H and O–H groups in total. The monoisotopic (exact) mass is 282 g/mol. The number of amidine groups is 1. The van der Waals surface area contributed by atoms with Crippen LogP contribution in [0.4, 0.5) is 0 Å². The van der Waals surface area contributed by atoms with Crippen LogP contribution in [0.2, 0.25) is 0 Å². The predicted octanol–water partition coefficient (Wildman–Crippen LogP) is 1.06. The third-order valence-electron chi connectivity index (χ3n) is 3.40. The Balaban J connectivity index is 2.20. The van der Waals surface area contributed by atoms with Crippen molar-refractivity contribution in [2.45, 2.75) is 37.8 Å². The first kappa shape index (κ1) is 14.0. The van der Waals surface area contributed by atoms with Crippen LogP contribution in [0, 0.1) is 0 Å². The highest BCUT2D eigenvalue weighted by Crippen LogP contribution is 2.23. The topological polar surface area (TPSA) is 96.7 Å². The second-order valence-corrected chi connectivity index (χ2v) is 5.16. The second kappa shape index (κ2) is 6.12. The molecule has 104 valence electrons. The Hall–Kier alpha value is -1.46. The Kier molecular flexibility index (Phi) is 4.50. The van der Waals surface area contributed by atoms with Gasteiger partial charge in [0, 0.05) is 23.5 Å². The van der Waals surface area contributed by atoms with Crippen LogP contribution in [0.25, 0.3) is 0 Å². The van der Waals surface area contributed by atoms with E-state index < -0.39 is 6.10 Å². The third kappa shape index (κ3) is 3.30. The first-order valence-electron chi connectivity index (χ1n) is 6.39. The normalized spacial score (nSPS) is 30.6. The molecule has 6 heteroatoms. The molecule has 2 atom stereocenters. The van der Waals surface area contributed by atoms with E-state index in [1.165, 1.54) is 0 Å². The predicted molar refractivity (Wildman–Crippen MR) is 77.3 cm³/mol. The van der Waals surface area contributed by atoms with Gasteiger partial charge >= 0.3 is 0 Å². The standard InChI is InChI=1S/C13H19ClN4O/c14-12(15)8-5-6-17-7-9(8)13(16)18-10-3-1-2-4-11(10)19/h5-7,10-11,17,19H,1-4,15H2,(H2,16,18)/b12-8-/t10-,11?/m1/s1. The SMILES string of the molecule is NC(=N[C@@H]1CCCCC1O)C1=CNC=C/C1=C(/N)Cl. The zero-order valence-electron chi connectivity index (χ0n) is 10.6. The lowest BCUT2D eigenvalue weighted by Crippen LogP contribution is -2.32. The minimum Gasteiger partial charge on any atom is -0.391 e. The molecule has 0 radical (unpaired) electrons. The lowest BCUT2D eigenvalue weighted by molar-refractivity contribution is 0.109. The summed E-state index contributed by atoms with van der Waals surface area (Å²) in [7, 11) is 0. The molecule has 19 heavy (non-hydrogen) atoms. The summed E-state index contributed by atoms with van der Waals surface area (Å²) < 4.78 is 0. The van der Waals surface area contributed by atoms with Gasteiger partial charge in [-0.25, -0.2) is 0 Å². The lowest BCUT2D eigenvalue weighted by atomic mass is 9.93. The van der Waals surface area contributed by atoms with Crippen LogP contribution < -0.4 is 16.8 Å². The number of aliphatic imine (C=N–C) groups is 1. The molecule has 0 aromatic carbocycles. The van der Waals surface area contributed by atoms with Crippen molar-refractivity contribution in [3.63, 3.8) is 0 Å². The molecule has 0 saturated heterocycles. The van der Waals surface area contributed by atoms with Crippen LogP contribution in [0.5, 0.6) is 0 Å². The maximum Gasteiger partial charge on any atom is 0.128 e. The number of dihydropyridines is 1. The smallest absolute Gasteiger partial charge is 0.128 e. The highest BCUT2D eigenvalue weighted by Gasteiger charge is 2.23. The van der Waals surface area contributed by atoms with Gasteiger partial charge in [-0.15, -0.1) is 0 Å². The van der Waals surface area contributed by atoms with Gasteiger partial charge in [-0.05, 0) is 18.9 Å². The summed E-state index contributed by atoms with van der Waals surface area (Å²) in [6.07, 6.45) is 8.50. The van der Waals surface area contributed by atoms with Gasteiger partial charge < -0.3 is 21.9 Å². The molecular formula is C13H19ClN4O. The summed E-state index contributed by atoms with van der Waals surface area (Å²) in [6.45, 7) is 0. The van der Waals surface area contributed by atoms with E-state index >= 15 is 0 Å². The average molecular weight is 283 g/mol. The van der Waals surface area contributed by atoms with E-state index in [1.807, 2.05) is 0 Å². The molecule has 0 bridgehead atoms. The first-order chi connectivity index (χ1) is 9.09. The van der Waals surface area contributed by atoms with Gasteiger partial charge in [0.25, 0.3) is 0 Å². The molecule has 5 nitrogen and oxygen atoms in total. The average Bonchev–Trinajstić information content (AvgIpc) is 2.41. The van der Waals surface area contributed by atoms with Crippen LogP contribution in [0.1, 0.15) is 25.7 Å². The minimum absolute atomic E-state index is 0.140. The molecule has 2 aliphatic rings. The van der Waals surface area contributed by atoms with Crippen molar-refractivity contribution in [1.29, 1.82) is 0 Å². The largest absolute Gasteiger partial charge is 0.391 e. The van der Waals surface area contributed by atoms with Crippen molar-refractivity contribution in [2.24, 2.45) is 16.5 Å². The van der Waals surface area contributed by atoms with Gasteiger partial charge in [0.15, 0.2) is 0 Å². The van der Waals surface area contributed by atoms with Gasteiger partial charge in [-0.1, -0.05) is 24.4 Å². The van der Waals surface area contributed by atoms with E-state index in [-0.39, 0.29) is 11.2 Å². The molecular weight excluding hydrogens is 264 g/mol. The van der Waals surface area contributed by atoms with E-state index in [0.717, 1.165) is 25.7 Å². The summed E-state index contributed by atoms with van der Waals surface area (Å²) in [6, 6.07) is -0.140. The Labute approximate surface area is 117 Å². The zero-order chi connectivity index (χ0) is 13.8. The highest BCUT2D eigenvalue weighted by atomic mass is 35.5. The van der Waals surface area contributed by atoms with Crippen LogP contribution >= 0.6 is 11.6 Å². The van der Waals surface area contributed by atoms with E-state index in [2.05, 4.69) is 10.3 Å². The number of allylic oxidation sites excluding steroid dienone is 1. The van der Waals surface area contributed by atoms with E-state index in [1.54, 1.807) is 18.5 Å². The van der Waals surface area contributed by atoms with Gasteiger partial charge in [0.05, 0.1) is 12.1 Å². The van der Waals surface area contributed by atoms with Crippen LogP contribution in [-0.2, 0) is 0 Å². The molecule has 1 unspecified atom stereocenters. The third-order valence-corrected chi connectivity index (χ3v) is 3.60. The van der Waals surface area contributed by atoms with Crippen molar-refractivity contribution in [2.75, 3.05) is 0 Å². The van der Waals surface area contributed by atoms with Gasteiger partial charge in [-0.3, -0.25) is 4.99 Å². The number of nitrogens with one attached hydrogen (secondary N) is 1. The zero-order valence-corrected chi connectivity index (χ0v) is 11.4. The molecule has 1 aliphatic carbocycles. The molecule has 1 saturated carbocycles. The Bertz CT molecular complexity index is 463. The van der Waals surface area contributed by atoms with Crippen molar-refractivity contribution >= 4 is 17.4 Å². The fourth-order valence-corrected chi connectivity index (χ4v) is 2.51. The summed E-state index contributed by atoms with van der Waals surface area (Å²) in [5, 5.41) is 13.0. The molecule has 1 fully saturated rings. The molecule has 0 spiro atoms. The summed E-state index contributed by atoms with van der Waals surface area (Å²) in [5.41, 5.74) is 12.9. The highest BCUT2D eigenvalue weighted by molar-refractivity contribution is 6.30. The maximum atomic E-state index is 9.92. The van der Waals surface area contributed by atoms with Crippen molar-refractivity contribution in [3.8, 4) is 0 Å². The van der Waals surface area contributed by atoms with Crippen LogP contribution in [0.3, 0.4) is 0 Å². The van der Waals surface area contributed by atoms with E-state index in [9.17, 15) is 5.11 Å². The summed E-state index contributed by atoms with van der Waals surface area (Å²) in [5.74, 6) is 0.349. The number of nitrogens with zero attached hydrogens (tertiary/aromatic N) is 1. The quantitative estimate of drug-likeness (QED) is 0.346. The fourth-order valence-electron chi connectivity index (χ4n) is 2.34. The second-order valence-electron chi connectivity index (χ2n) is 4.75. The van der Waals surface area contributed by atoms with E-state index in [4.69, 9.17) is 23.1 Å². The molecule has 1 heterocycles. The van der Waals surface area contributed by atoms with Gasteiger partial charge in [0.2, 0.25) is 0 Å². The van der Waals surface area contributed by atoms with Gasteiger partial charge in [0.1, 0.15) is 11.0 Å². The van der Waals surface area contributed by atoms with Crippen LogP contribution in [-0.4, -0.2) is 23.1 Å². The number of aliphatic hydroxyl groups excluding tert-OH is 1. The Morgan fingerprint density at radius 3 is 2.79 bits per heavy atom. The molecule has 1 aliphatic heterocycles. The Morgan fingerprint density at radius 1 is 1.37 bits per heavy atom. The molecule has 2 rings (SSSR count). The molecule has 0 amide bonds. The summed E-state index contributed by atoms with van der Waals surface area (Å²) in [4.78, 5) is 4.43. The van der Waals surface area contributed by atoms with Crippen LogP contribution in [0.15, 0.2) is 39.8 Å². The van der Waals surface area contributed by atoms with Gasteiger partial charge in [-0.2, -0.15) is 0 Å². The van der Waals surface area contributed by atoms with Crippen molar-refractivity contribution < 1.29 is 5.11 Å². The lowest BCUT2D eigenvalue weighted by Gasteiger charge is -2.25. The number of halogens is 1.